The lowest BCUT2D eigenvalue weighted by atomic mass is 10.0. The third-order valence-electron chi connectivity index (χ3n) is 2.63. The van der Waals surface area contributed by atoms with Gasteiger partial charge in [0.1, 0.15) is 0 Å². The SMILES string of the molecule is C#CC12CNCCC1C2.Cl. The summed E-state index contributed by atoms with van der Waals surface area (Å²) in [5.41, 5.74) is 0.304. The highest BCUT2D eigenvalue weighted by Gasteiger charge is 2.53. The van der Waals surface area contributed by atoms with Gasteiger partial charge >= 0.3 is 0 Å². The van der Waals surface area contributed by atoms with Crippen LogP contribution in [0.5, 0.6) is 0 Å². The summed E-state index contributed by atoms with van der Waals surface area (Å²) < 4.78 is 0. The molecule has 1 nitrogen and oxygen atoms in total. The molecule has 0 radical (unpaired) electrons. The molecule has 0 spiro atoms. The Balaban J connectivity index is 0.000000500. The Labute approximate surface area is 68.0 Å². The van der Waals surface area contributed by atoms with Crippen LogP contribution in [0.3, 0.4) is 0 Å². The molecule has 0 aromatic heterocycles. The predicted octanol–water partition coefficient (Wildman–Crippen LogP) is 1.04. The maximum Gasteiger partial charge on any atom is 0.0468 e. The fourth-order valence-electron chi connectivity index (χ4n) is 1.79. The van der Waals surface area contributed by atoms with Crippen molar-refractivity contribution < 1.29 is 0 Å². The summed E-state index contributed by atoms with van der Waals surface area (Å²) in [5, 5.41) is 3.33. The van der Waals surface area contributed by atoms with Crippen LogP contribution >= 0.6 is 12.4 Å². The van der Waals surface area contributed by atoms with E-state index in [2.05, 4.69) is 11.2 Å². The maximum absolute atomic E-state index is 5.39. The number of halogens is 1. The van der Waals surface area contributed by atoms with Gasteiger partial charge < -0.3 is 5.32 Å². The van der Waals surface area contributed by atoms with Crippen molar-refractivity contribution in [1.29, 1.82) is 0 Å². The first-order valence-electron chi connectivity index (χ1n) is 3.56. The van der Waals surface area contributed by atoms with E-state index in [0.29, 0.717) is 5.41 Å². The summed E-state index contributed by atoms with van der Waals surface area (Å²) in [7, 11) is 0. The zero-order valence-corrected chi connectivity index (χ0v) is 6.71. The van der Waals surface area contributed by atoms with Gasteiger partial charge in [0.2, 0.25) is 0 Å². The fraction of sp³-hybridized carbons (Fsp3) is 0.750. The minimum Gasteiger partial charge on any atom is -0.315 e. The zero-order valence-electron chi connectivity index (χ0n) is 5.89. The van der Waals surface area contributed by atoms with Gasteiger partial charge in [-0.05, 0) is 25.3 Å². The van der Waals surface area contributed by atoms with E-state index in [1.807, 2.05) is 0 Å². The van der Waals surface area contributed by atoms with Crippen LogP contribution in [-0.2, 0) is 0 Å². The maximum atomic E-state index is 5.39. The zero-order chi connectivity index (χ0) is 6.32. The van der Waals surface area contributed by atoms with Crippen LogP contribution in [0.2, 0.25) is 0 Å². The highest BCUT2D eigenvalue weighted by Crippen LogP contribution is 2.54. The molecular weight excluding hydrogens is 146 g/mol. The van der Waals surface area contributed by atoms with Crippen molar-refractivity contribution in [3.63, 3.8) is 0 Å². The fourth-order valence-corrected chi connectivity index (χ4v) is 1.79. The van der Waals surface area contributed by atoms with Gasteiger partial charge in [-0.2, -0.15) is 0 Å². The van der Waals surface area contributed by atoms with Crippen molar-refractivity contribution in [2.24, 2.45) is 11.3 Å². The highest BCUT2D eigenvalue weighted by molar-refractivity contribution is 5.85. The topological polar surface area (TPSA) is 12.0 Å². The predicted molar refractivity (Wildman–Crippen MR) is 44.1 cm³/mol. The highest BCUT2D eigenvalue weighted by atomic mass is 35.5. The average Bonchev–Trinajstić information content (AvgIpc) is 2.62. The molecule has 1 aliphatic heterocycles. The van der Waals surface area contributed by atoms with Gasteiger partial charge in [0.25, 0.3) is 0 Å². The Morgan fingerprint density at radius 1 is 1.60 bits per heavy atom. The van der Waals surface area contributed by atoms with E-state index in [4.69, 9.17) is 6.42 Å². The van der Waals surface area contributed by atoms with E-state index in [9.17, 15) is 0 Å². The first-order chi connectivity index (χ1) is 4.37. The van der Waals surface area contributed by atoms with Crippen LogP contribution in [0.15, 0.2) is 0 Å². The Hall–Kier alpha value is -0.190. The molecule has 2 rings (SSSR count). The minimum atomic E-state index is 0. The van der Waals surface area contributed by atoms with Gasteiger partial charge in [-0.15, -0.1) is 18.8 Å². The number of hydrogen-bond donors (Lipinski definition) is 1. The molecule has 10 heavy (non-hydrogen) atoms. The molecule has 2 atom stereocenters. The van der Waals surface area contributed by atoms with Crippen molar-refractivity contribution in [3.8, 4) is 12.3 Å². The Kier molecular flexibility index (Phi) is 1.94. The van der Waals surface area contributed by atoms with Crippen LogP contribution in [0, 0.1) is 23.7 Å². The smallest absolute Gasteiger partial charge is 0.0468 e. The first-order valence-corrected chi connectivity index (χ1v) is 3.56. The quantitative estimate of drug-likeness (QED) is 0.519. The number of hydrogen-bond acceptors (Lipinski definition) is 1. The summed E-state index contributed by atoms with van der Waals surface area (Å²) in [5.74, 6) is 3.76. The Morgan fingerprint density at radius 2 is 2.40 bits per heavy atom. The van der Waals surface area contributed by atoms with Crippen LogP contribution in [-0.4, -0.2) is 13.1 Å². The second-order valence-corrected chi connectivity index (χ2v) is 3.17. The van der Waals surface area contributed by atoms with Crippen molar-refractivity contribution in [1.82, 2.24) is 5.32 Å². The number of piperidine rings is 1. The summed E-state index contributed by atoms with van der Waals surface area (Å²) in [6.45, 7) is 2.24. The van der Waals surface area contributed by atoms with Gasteiger partial charge in [-0.25, -0.2) is 0 Å². The molecular formula is C8H12ClN. The summed E-state index contributed by atoms with van der Waals surface area (Å²) in [6, 6.07) is 0. The van der Waals surface area contributed by atoms with Crippen molar-refractivity contribution in [3.05, 3.63) is 0 Å². The summed E-state index contributed by atoms with van der Waals surface area (Å²) in [4.78, 5) is 0. The molecule has 2 heteroatoms. The molecule has 1 heterocycles. The summed E-state index contributed by atoms with van der Waals surface area (Å²) >= 11 is 0. The Bertz CT molecular complexity index is 173. The second kappa shape index (κ2) is 2.45. The van der Waals surface area contributed by atoms with Crippen LogP contribution in [0.1, 0.15) is 12.8 Å². The van der Waals surface area contributed by atoms with E-state index < -0.39 is 0 Å². The second-order valence-electron chi connectivity index (χ2n) is 3.17. The van der Waals surface area contributed by atoms with Gasteiger partial charge in [0.15, 0.2) is 0 Å². The van der Waals surface area contributed by atoms with Crippen LogP contribution in [0.4, 0.5) is 0 Å². The van der Waals surface area contributed by atoms with E-state index in [1.54, 1.807) is 0 Å². The van der Waals surface area contributed by atoms with Gasteiger partial charge in [-0.1, -0.05) is 5.92 Å². The molecule has 0 aromatic rings. The average molecular weight is 158 g/mol. The van der Waals surface area contributed by atoms with Gasteiger partial charge in [-0.3, -0.25) is 0 Å². The van der Waals surface area contributed by atoms with Gasteiger partial charge in [0, 0.05) is 12.0 Å². The van der Waals surface area contributed by atoms with E-state index in [-0.39, 0.29) is 12.4 Å². The number of nitrogens with one attached hydrogen (secondary N) is 1. The van der Waals surface area contributed by atoms with E-state index >= 15 is 0 Å². The largest absolute Gasteiger partial charge is 0.315 e. The molecule has 1 aliphatic carbocycles. The molecule has 2 fully saturated rings. The lowest BCUT2D eigenvalue weighted by Gasteiger charge is -2.16. The molecule has 0 amide bonds. The number of fused-ring (bicyclic) bond motifs is 1. The lowest BCUT2D eigenvalue weighted by molar-refractivity contribution is 0.435. The Morgan fingerprint density at radius 3 is 2.90 bits per heavy atom. The number of rotatable bonds is 0. The van der Waals surface area contributed by atoms with E-state index in [1.165, 1.54) is 19.4 Å². The molecule has 1 N–H and O–H groups in total. The lowest BCUT2D eigenvalue weighted by Crippen LogP contribution is -2.30. The minimum absolute atomic E-state index is 0. The molecule has 0 aromatic carbocycles. The van der Waals surface area contributed by atoms with E-state index in [0.717, 1.165) is 12.5 Å². The first kappa shape index (κ1) is 7.91. The van der Waals surface area contributed by atoms with Crippen LogP contribution in [0.25, 0.3) is 0 Å². The molecule has 2 unspecified atom stereocenters. The van der Waals surface area contributed by atoms with Crippen molar-refractivity contribution in [2.45, 2.75) is 12.8 Å². The standard InChI is InChI=1S/C8H11N.ClH/c1-2-8-5-7(8)3-4-9-6-8;/h1,7,9H,3-6H2;1H. The number of terminal acetylenes is 1. The van der Waals surface area contributed by atoms with Crippen molar-refractivity contribution >= 4 is 12.4 Å². The van der Waals surface area contributed by atoms with Crippen molar-refractivity contribution in [2.75, 3.05) is 13.1 Å². The molecule has 2 aliphatic rings. The molecule has 56 valence electrons. The monoisotopic (exact) mass is 157 g/mol. The normalized spacial score (nSPS) is 42.5. The third-order valence-corrected chi connectivity index (χ3v) is 2.63. The molecule has 1 saturated heterocycles. The molecule has 0 bridgehead atoms. The van der Waals surface area contributed by atoms with Gasteiger partial charge in [0.05, 0.1) is 0 Å². The third kappa shape index (κ3) is 0.923. The van der Waals surface area contributed by atoms with Crippen LogP contribution < -0.4 is 5.32 Å². The summed E-state index contributed by atoms with van der Waals surface area (Å²) in [6.07, 6.45) is 7.96. The molecule has 1 saturated carbocycles.